The fourth-order valence-electron chi connectivity index (χ4n) is 1.29. The number of hydrogen-bond donors (Lipinski definition) is 1. The van der Waals surface area contributed by atoms with Crippen LogP contribution in [0.5, 0.6) is 0 Å². The minimum Gasteiger partial charge on any atom is -0.479 e. The van der Waals surface area contributed by atoms with Crippen molar-refractivity contribution in [2.75, 3.05) is 7.05 Å². The summed E-state index contributed by atoms with van der Waals surface area (Å²) in [6.07, 6.45) is 4.18. The topological polar surface area (TPSA) is 83.4 Å². The van der Waals surface area contributed by atoms with Gasteiger partial charge in [-0.2, -0.15) is 0 Å². The van der Waals surface area contributed by atoms with Crippen molar-refractivity contribution in [3.05, 3.63) is 24.3 Å². The lowest BCUT2D eigenvalue weighted by Crippen LogP contribution is -2.50. The van der Waals surface area contributed by atoms with Gasteiger partial charge in [-0.15, -0.1) is 0 Å². The van der Waals surface area contributed by atoms with Crippen molar-refractivity contribution >= 4 is 11.9 Å². The zero-order chi connectivity index (χ0) is 12.3. The number of amides is 1. The Morgan fingerprint density at radius 2 is 2.06 bits per heavy atom. The molecule has 0 aliphatic rings. The van der Waals surface area contributed by atoms with E-state index < -0.39 is 11.5 Å². The summed E-state index contributed by atoms with van der Waals surface area (Å²) in [6.45, 7) is 2.72. The summed E-state index contributed by atoms with van der Waals surface area (Å²) in [6, 6.07) is 0. The van der Waals surface area contributed by atoms with E-state index in [4.69, 9.17) is 0 Å². The number of aliphatic carboxylic acids is 1. The standard InChI is InChI=1S/C10H13N3O3/c1-7(14)13(3)10(2,9(15)16)8-6-11-4-5-12-8/h4-6H,1-3H3,(H,15,16). The first kappa shape index (κ1) is 12.1. The van der Waals surface area contributed by atoms with Crippen molar-refractivity contribution in [2.45, 2.75) is 19.4 Å². The third kappa shape index (κ3) is 1.86. The first-order valence-electron chi connectivity index (χ1n) is 4.65. The van der Waals surface area contributed by atoms with E-state index in [1.165, 1.54) is 39.5 Å². The van der Waals surface area contributed by atoms with Crippen LogP contribution in [0.25, 0.3) is 0 Å². The van der Waals surface area contributed by atoms with E-state index in [0.717, 1.165) is 4.90 Å². The molecule has 6 nitrogen and oxygen atoms in total. The van der Waals surface area contributed by atoms with Gasteiger partial charge in [0.2, 0.25) is 5.91 Å². The highest BCUT2D eigenvalue weighted by Crippen LogP contribution is 2.25. The fourth-order valence-corrected chi connectivity index (χ4v) is 1.29. The molecule has 0 saturated carbocycles. The van der Waals surface area contributed by atoms with Crippen LogP contribution in [-0.4, -0.2) is 38.9 Å². The van der Waals surface area contributed by atoms with E-state index >= 15 is 0 Å². The SMILES string of the molecule is CC(=O)N(C)C(C)(C(=O)O)c1cnccn1. The minimum atomic E-state index is -1.50. The van der Waals surface area contributed by atoms with Crippen LogP contribution in [0.3, 0.4) is 0 Å². The largest absolute Gasteiger partial charge is 0.479 e. The smallest absolute Gasteiger partial charge is 0.335 e. The van der Waals surface area contributed by atoms with Gasteiger partial charge in [0, 0.05) is 26.4 Å². The molecule has 6 heteroatoms. The quantitative estimate of drug-likeness (QED) is 0.794. The predicted octanol–water partition coefficient (Wildman–Crippen LogP) is 0.255. The molecule has 1 heterocycles. The maximum atomic E-state index is 11.3. The number of carboxylic acids is 1. The van der Waals surface area contributed by atoms with E-state index in [2.05, 4.69) is 9.97 Å². The second-order valence-corrected chi connectivity index (χ2v) is 3.55. The predicted molar refractivity (Wildman–Crippen MR) is 55.5 cm³/mol. The Hall–Kier alpha value is -1.98. The van der Waals surface area contributed by atoms with E-state index in [1.807, 2.05) is 0 Å². The van der Waals surface area contributed by atoms with Gasteiger partial charge in [0.05, 0.1) is 11.9 Å². The highest BCUT2D eigenvalue weighted by atomic mass is 16.4. The molecule has 1 aromatic heterocycles. The van der Waals surface area contributed by atoms with Gasteiger partial charge in [-0.05, 0) is 6.92 Å². The van der Waals surface area contributed by atoms with Crippen LogP contribution < -0.4 is 0 Å². The van der Waals surface area contributed by atoms with Gasteiger partial charge >= 0.3 is 5.97 Å². The number of hydrogen-bond acceptors (Lipinski definition) is 4. The van der Waals surface area contributed by atoms with E-state index in [0.29, 0.717) is 0 Å². The first-order chi connectivity index (χ1) is 7.40. The van der Waals surface area contributed by atoms with Crippen LogP contribution >= 0.6 is 0 Å². The Bertz CT molecular complexity index is 407. The molecule has 0 radical (unpaired) electrons. The summed E-state index contributed by atoms with van der Waals surface area (Å²) in [5, 5.41) is 9.24. The molecule has 1 amide bonds. The fraction of sp³-hybridized carbons (Fsp3) is 0.400. The summed E-state index contributed by atoms with van der Waals surface area (Å²) in [5.41, 5.74) is -1.28. The number of nitrogens with zero attached hydrogens (tertiary/aromatic N) is 3. The number of likely N-dealkylation sites (N-methyl/N-ethyl adjacent to an activating group) is 1. The zero-order valence-corrected chi connectivity index (χ0v) is 9.34. The monoisotopic (exact) mass is 223 g/mol. The minimum absolute atomic E-state index is 0.222. The summed E-state index contributed by atoms with van der Waals surface area (Å²) in [5.74, 6) is -1.50. The van der Waals surface area contributed by atoms with Gasteiger partial charge < -0.3 is 10.0 Å². The molecule has 0 aliphatic heterocycles. The van der Waals surface area contributed by atoms with Crippen LogP contribution in [0.2, 0.25) is 0 Å². The number of carbonyl (C=O) groups excluding carboxylic acids is 1. The highest BCUT2D eigenvalue weighted by molar-refractivity contribution is 5.86. The van der Waals surface area contributed by atoms with E-state index in [9.17, 15) is 14.7 Å². The molecule has 1 N–H and O–H groups in total. The molecular formula is C10H13N3O3. The summed E-state index contributed by atoms with van der Waals surface area (Å²) in [7, 11) is 1.42. The van der Waals surface area contributed by atoms with Crippen molar-refractivity contribution < 1.29 is 14.7 Å². The van der Waals surface area contributed by atoms with Crippen molar-refractivity contribution in [3.63, 3.8) is 0 Å². The first-order valence-corrected chi connectivity index (χ1v) is 4.65. The molecule has 0 fully saturated rings. The average molecular weight is 223 g/mol. The van der Waals surface area contributed by atoms with Gasteiger partial charge in [0.15, 0.2) is 5.54 Å². The highest BCUT2D eigenvalue weighted by Gasteiger charge is 2.42. The van der Waals surface area contributed by atoms with E-state index in [-0.39, 0.29) is 11.6 Å². The third-order valence-electron chi connectivity index (χ3n) is 2.62. The van der Waals surface area contributed by atoms with Crippen LogP contribution in [0, 0.1) is 0 Å². The number of carboxylic acid groups (broad SMARTS) is 1. The molecule has 0 bridgehead atoms. The third-order valence-corrected chi connectivity index (χ3v) is 2.62. The van der Waals surface area contributed by atoms with Gasteiger partial charge in [0.25, 0.3) is 0 Å². The van der Waals surface area contributed by atoms with Crippen LogP contribution in [-0.2, 0) is 15.1 Å². The Labute approximate surface area is 92.9 Å². The van der Waals surface area contributed by atoms with Crippen LogP contribution in [0.4, 0.5) is 0 Å². The molecule has 1 unspecified atom stereocenters. The second kappa shape index (κ2) is 4.26. The molecule has 86 valence electrons. The molecule has 0 aliphatic carbocycles. The lowest BCUT2D eigenvalue weighted by molar-refractivity contribution is -0.156. The van der Waals surface area contributed by atoms with Crippen molar-refractivity contribution in [3.8, 4) is 0 Å². The van der Waals surface area contributed by atoms with E-state index in [1.54, 1.807) is 0 Å². The van der Waals surface area contributed by atoms with Crippen molar-refractivity contribution in [2.24, 2.45) is 0 Å². The average Bonchev–Trinajstić information content (AvgIpc) is 2.27. The van der Waals surface area contributed by atoms with Crippen LogP contribution in [0.1, 0.15) is 19.5 Å². The van der Waals surface area contributed by atoms with Gasteiger partial charge in [-0.25, -0.2) is 4.79 Å². The summed E-state index contributed by atoms with van der Waals surface area (Å²) >= 11 is 0. The molecule has 0 saturated heterocycles. The lowest BCUT2D eigenvalue weighted by Gasteiger charge is -2.33. The van der Waals surface area contributed by atoms with Crippen molar-refractivity contribution in [1.29, 1.82) is 0 Å². The normalized spacial score (nSPS) is 13.9. The molecule has 1 atom stereocenters. The molecule has 0 spiro atoms. The Morgan fingerprint density at radius 3 is 2.44 bits per heavy atom. The Morgan fingerprint density at radius 1 is 1.44 bits per heavy atom. The molecule has 16 heavy (non-hydrogen) atoms. The maximum Gasteiger partial charge on any atom is 0.335 e. The maximum absolute atomic E-state index is 11.3. The lowest BCUT2D eigenvalue weighted by atomic mass is 9.96. The van der Waals surface area contributed by atoms with Gasteiger partial charge in [-0.1, -0.05) is 0 Å². The Balaban J connectivity index is 3.28. The molecular weight excluding hydrogens is 210 g/mol. The summed E-state index contributed by atoms with van der Waals surface area (Å²) in [4.78, 5) is 31.5. The van der Waals surface area contributed by atoms with Gasteiger partial charge in [0.1, 0.15) is 0 Å². The molecule has 1 rings (SSSR count). The zero-order valence-electron chi connectivity index (χ0n) is 9.34. The number of rotatable bonds is 3. The van der Waals surface area contributed by atoms with Crippen molar-refractivity contribution in [1.82, 2.24) is 14.9 Å². The number of carbonyl (C=O) groups is 2. The Kier molecular flexibility index (Phi) is 3.22. The number of aromatic nitrogens is 2. The molecule has 1 aromatic rings. The molecule has 0 aromatic carbocycles. The van der Waals surface area contributed by atoms with Gasteiger partial charge in [-0.3, -0.25) is 14.8 Å². The second-order valence-electron chi connectivity index (χ2n) is 3.55. The summed E-state index contributed by atoms with van der Waals surface area (Å²) < 4.78 is 0. The van der Waals surface area contributed by atoms with Crippen LogP contribution in [0.15, 0.2) is 18.6 Å².